The minimum Gasteiger partial charge on any atom is -0.474 e. The number of nitrogens with zero attached hydrogens (tertiary/aromatic N) is 2. The Labute approximate surface area is 119 Å². The first kappa shape index (κ1) is 14.3. The first-order chi connectivity index (χ1) is 9.56. The molecule has 0 bridgehead atoms. The molecule has 3 N–H and O–H groups in total. The SMILES string of the molecule is CC(C)Oc1cncc(Nc2ccccc2C(C)N)n1. The molecular formula is C15H20N4O. The lowest BCUT2D eigenvalue weighted by atomic mass is 10.1. The minimum atomic E-state index is -0.0539. The summed E-state index contributed by atoms with van der Waals surface area (Å²) < 4.78 is 5.53. The second-order valence-electron chi connectivity index (χ2n) is 4.91. The van der Waals surface area contributed by atoms with Crippen molar-refractivity contribution in [2.45, 2.75) is 32.9 Å². The molecule has 0 saturated carbocycles. The third-order valence-corrected chi connectivity index (χ3v) is 2.68. The highest BCUT2D eigenvalue weighted by molar-refractivity contribution is 5.60. The zero-order valence-corrected chi connectivity index (χ0v) is 12.0. The summed E-state index contributed by atoms with van der Waals surface area (Å²) in [4.78, 5) is 8.50. The van der Waals surface area contributed by atoms with E-state index in [1.165, 1.54) is 0 Å². The Balaban J connectivity index is 2.22. The maximum atomic E-state index is 5.96. The van der Waals surface area contributed by atoms with Crippen LogP contribution in [-0.4, -0.2) is 16.1 Å². The summed E-state index contributed by atoms with van der Waals surface area (Å²) in [5, 5.41) is 3.23. The topological polar surface area (TPSA) is 73.1 Å². The van der Waals surface area contributed by atoms with Crippen LogP contribution in [0.25, 0.3) is 0 Å². The fourth-order valence-corrected chi connectivity index (χ4v) is 1.85. The molecule has 0 radical (unpaired) electrons. The molecule has 0 aliphatic heterocycles. The Morgan fingerprint density at radius 2 is 1.90 bits per heavy atom. The maximum Gasteiger partial charge on any atom is 0.234 e. The van der Waals surface area contributed by atoms with Gasteiger partial charge in [-0.1, -0.05) is 18.2 Å². The number of nitrogens with two attached hydrogens (primary N) is 1. The zero-order valence-electron chi connectivity index (χ0n) is 12.0. The van der Waals surface area contributed by atoms with Crippen molar-refractivity contribution in [1.29, 1.82) is 0 Å². The highest BCUT2D eigenvalue weighted by atomic mass is 16.5. The number of benzene rings is 1. The van der Waals surface area contributed by atoms with Gasteiger partial charge in [-0.2, -0.15) is 4.98 Å². The van der Waals surface area contributed by atoms with Crippen molar-refractivity contribution in [3.05, 3.63) is 42.2 Å². The molecule has 5 heteroatoms. The van der Waals surface area contributed by atoms with Crippen LogP contribution in [0.5, 0.6) is 5.88 Å². The Kier molecular flexibility index (Phi) is 4.53. The summed E-state index contributed by atoms with van der Waals surface area (Å²) in [6.07, 6.45) is 3.32. The van der Waals surface area contributed by atoms with Gasteiger partial charge >= 0.3 is 0 Å². The van der Waals surface area contributed by atoms with Gasteiger partial charge in [0.2, 0.25) is 5.88 Å². The number of aromatic nitrogens is 2. The fraction of sp³-hybridized carbons (Fsp3) is 0.333. The Morgan fingerprint density at radius 1 is 1.15 bits per heavy atom. The van der Waals surface area contributed by atoms with Crippen molar-refractivity contribution in [2.24, 2.45) is 5.73 Å². The van der Waals surface area contributed by atoms with Crippen LogP contribution >= 0.6 is 0 Å². The summed E-state index contributed by atoms with van der Waals surface area (Å²) in [6, 6.07) is 7.83. The average Bonchev–Trinajstić information content (AvgIpc) is 2.38. The van der Waals surface area contributed by atoms with Crippen molar-refractivity contribution in [3.63, 3.8) is 0 Å². The normalized spacial score (nSPS) is 12.2. The van der Waals surface area contributed by atoms with Gasteiger partial charge in [0.05, 0.1) is 18.5 Å². The number of anilines is 2. The highest BCUT2D eigenvalue weighted by Crippen LogP contribution is 2.24. The number of ether oxygens (including phenoxy) is 1. The highest BCUT2D eigenvalue weighted by Gasteiger charge is 2.08. The summed E-state index contributed by atoms with van der Waals surface area (Å²) in [6.45, 7) is 5.85. The molecule has 2 aromatic rings. The average molecular weight is 272 g/mol. The number of hydrogen-bond donors (Lipinski definition) is 2. The smallest absolute Gasteiger partial charge is 0.234 e. The van der Waals surface area contributed by atoms with Gasteiger partial charge in [0.1, 0.15) is 0 Å². The lowest BCUT2D eigenvalue weighted by molar-refractivity contribution is 0.232. The Morgan fingerprint density at radius 3 is 2.60 bits per heavy atom. The molecule has 106 valence electrons. The molecule has 20 heavy (non-hydrogen) atoms. The van der Waals surface area contributed by atoms with E-state index in [2.05, 4.69) is 15.3 Å². The van der Waals surface area contributed by atoms with Crippen molar-refractivity contribution >= 4 is 11.5 Å². The predicted molar refractivity (Wildman–Crippen MR) is 80.1 cm³/mol. The van der Waals surface area contributed by atoms with Gasteiger partial charge in [-0.05, 0) is 32.4 Å². The Hall–Kier alpha value is -2.14. The third-order valence-electron chi connectivity index (χ3n) is 2.68. The predicted octanol–water partition coefficient (Wildman–Crippen LogP) is 3.03. The van der Waals surface area contributed by atoms with Gasteiger partial charge in [0.15, 0.2) is 5.82 Å². The molecule has 0 saturated heterocycles. The van der Waals surface area contributed by atoms with Crippen LogP contribution < -0.4 is 15.8 Å². The molecule has 1 aromatic heterocycles. The molecular weight excluding hydrogens is 252 g/mol. The van der Waals surface area contributed by atoms with E-state index in [0.717, 1.165) is 11.3 Å². The third kappa shape index (κ3) is 3.68. The Bertz CT molecular complexity index is 569. The zero-order chi connectivity index (χ0) is 14.5. The molecule has 0 amide bonds. The molecule has 1 aromatic carbocycles. The van der Waals surface area contributed by atoms with Crippen LogP contribution in [0.4, 0.5) is 11.5 Å². The molecule has 1 unspecified atom stereocenters. The van der Waals surface area contributed by atoms with Crippen LogP contribution in [0.3, 0.4) is 0 Å². The molecule has 1 heterocycles. The van der Waals surface area contributed by atoms with E-state index in [1.807, 2.05) is 45.0 Å². The van der Waals surface area contributed by atoms with Gasteiger partial charge in [-0.25, -0.2) is 0 Å². The number of rotatable bonds is 5. The van der Waals surface area contributed by atoms with E-state index in [9.17, 15) is 0 Å². The van der Waals surface area contributed by atoms with E-state index in [1.54, 1.807) is 12.4 Å². The second kappa shape index (κ2) is 6.34. The second-order valence-corrected chi connectivity index (χ2v) is 4.91. The van der Waals surface area contributed by atoms with Crippen molar-refractivity contribution < 1.29 is 4.74 Å². The standard InChI is InChI=1S/C15H20N4O/c1-10(2)20-15-9-17-8-14(19-15)18-13-7-5-4-6-12(13)11(3)16/h4-11H,16H2,1-3H3,(H,18,19). The van der Waals surface area contributed by atoms with Gasteiger partial charge in [0, 0.05) is 11.7 Å². The van der Waals surface area contributed by atoms with E-state index in [0.29, 0.717) is 11.7 Å². The molecule has 2 rings (SSSR count). The van der Waals surface area contributed by atoms with Gasteiger partial charge in [-0.3, -0.25) is 4.98 Å². The lowest BCUT2D eigenvalue weighted by Crippen LogP contribution is -2.10. The molecule has 0 fully saturated rings. The number of para-hydroxylation sites is 1. The summed E-state index contributed by atoms with van der Waals surface area (Å²) in [5.41, 5.74) is 7.92. The lowest BCUT2D eigenvalue weighted by Gasteiger charge is -2.14. The van der Waals surface area contributed by atoms with Gasteiger partial charge in [-0.15, -0.1) is 0 Å². The minimum absolute atomic E-state index is 0.0539. The maximum absolute atomic E-state index is 5.96. The van der Waals surface area contributed by atoms with Crippen molar-refractivity contribution in [3.8, 4) is 5.88 Å². The van der Waals surface area contributed by atoms with Gasteiger partial charge < -0.3 is 15.8 Å². The van der Waals surface area contributed by atoms with Gasteiger partial charge in [0.25, 0.3) is 0 Å². The van der Waals surface area contributed by atoms with E-state index in [-0.39, 0.29) is 12.1 Å². The van der Waals surface area contributed by atoms with E-state index < -0.39 is 0 Å². The molecule has 0 aliphatic rings. The fourth-order valence-electron chi connectivity index (χ4n) is 1.85. The van der Waals surface area contributed by atoms with Crippen LogP contribution in [0, 0.1) is 0 Å². The summed E-state index contributed by atoms with van der Waals surface area (Å²) in [7, 11) is 0. The molecule has 0 aliphatic carbocycles. The summed E-state index contributed by atoms with van der Waals surface area (Å²) >= 11 is 0. The van der Waals surface area contributed by atoms with Crippen LogP contribution in [-0.2, 0) is 0 Å². The first-order valence-corrected chi connectivity index (χ1v) is 6.66. The van der Waals surface area contributed by atoms with E-state index in [4.69, 9.17) is 10.5 Å². The summed E-state index contributed by atoms with van der Waals surface area (Å²) in [5.74, 6) is 1.14. The monoisotopic (exact) mass is 272 g/mol. The largest absolute Gasteiger partial charge is 0.474 e. The van der Waals surface area contributed by atoms with Crippen LogP contribution in [0.2, 0.25) is 0 Å². The molecule has 5 nitrogen and oxygen atoms in total. The number of hydrogen-bond acceptors (Lipinski definition) is 5. The first-order valence-electron chi connectivity index (χ1n) is 6.66. The van der Waals surface area contributed by atoms with E-state index >= 15 is 0 Å². The molecule has 0 spiro atoms. The van der Waals surface area contributed by atoms with Crippen LogP contribution in [0.15, 0.2) is 36.7 Å². The quantitative estimate of drug-likeness (QED) is 0.875. The van der Waals surface area contributed by atoms with Crippen molar-refractivity contribution in [1.82, 2.24) is 9.97 Å². The molecule has 1 atom stereocenters. The van der Waals surface area contributed by atoms with Crippen molar-refractivity contribution in [2.75, 3.05) is 5.32 Å². The van der Waals surface area contributed by atoms with Crippen LogP contribution in [0.1, 0.15) is 32.4 Å². The number of nitrogens with one attached hydrogen (secondary N) is 1.